The number of esters is 2. The highest BCUT2D eigenvalue weighted by Gasteiger charge is 2.46. The minimum Gasteiger partial charge on any atom is -0.462 e. The summed E-state index contributed by atoms with van der Waals surface area (Å²) in [7, 11) is 0. The number of aromatic nitrogens is 6. The molecule has 4 atom stereocenters. The first-order chi connectivity index (χ1) is 23.8. The fraction of sp³-hybridized carbons (Fsp3) is 0.444. The number of piperidine rings is 2. The first-order valence-electron chi connectivity index (χ1n) is 17.0. The van der Waals surface area contributed by atoms with Crippen LogP contribution >= 0.6 is 11.6 Å². The molecule has 12 nitrogen and oxygen atoms in total. The van der Waals surface area contributed by atoms with Gasteiger partial charge in [0.25, 0.3) is 0 Å². The quantitative estimate of drug-likeness (QED) is 0.154. The summed E-state index contributed by atoms with van der Waals surface area (Å²) in [6, 6.07) is 8.15. The van der Waals surface area contributed by atoms with Gasteiger partial charge < -0.3 is 19.3 Å². The van der Waals surface area contributed by atoms with Gasteiger partial charge in [0, 0.05) is 44.1 Å². The molecule has 0 bridgehead atoms. The first kappa shape index (κ1) is 32.8. The Labute approximate surface area is 290 Å². The van der Waals surface area contributed by atoms with Crippen molar-refractivity contribution in [2.24, 2.45) is 23.7 Å². The lowest BCUT2D eigenvalue weighted by molar-refractivity contribution is 0.0516. The molecular weight excluding hydrogens is 644 g/mol. The van der Waals surface area contributed by atoms with Crippen molar-refractivity contribution in [3.05, 3.63) is 88.7 Å². The van der Waals surface area contributed by atoms with E-state index in [0.717, 1.165) is 78.3 Å². The molecule has 2 aliphatic carbocycles. The standard InChI is InChI=1S/C19H22N4O2.C17H19ClN4O2/c1-3-17-13(11-23-12-16(8-20-23)19(24)25-4-2)5-6-18(21-17)22-9-14-7-15(14)10-22;1-2-24-17(23)14-6-19-22(10-14)9-11-3-4-15(20-16(11)18)21-7-12-5-13(12)8-21/h3,5-6,8,12,14-15H,1,4,7,9-11H2,2H3;3-4,6,10,12-13H,2,5,7-9H2,1H3. The van der Waals surface area contributed by atoms with E-state index in [1.165, 1.54) is 25.2 Å². The number of carbonyl (C=O) groups is 2. The second-order valence-corrected chi connectivity index (χ2v) is 13.5. The third-order valence-electron chi connectivity index (χ3n) is 9.66. The fourth-order valence-corrected chi connectivity index (χ4v) is 7.00. The second kappa shape index (κ2) is 14.0. The number of nitrogens with zero attached hydrogens (tertiary/aromatic N) is 8. The van der Waals surface area contributed by atoms with Crippen LogP contribution in [-0.2, 0) is 22.6 Å². The van der Waals surface area contributed by atoms with Gasteiger partial charge >= 0.3 is 11.9 Å². The normalized spacial score (nSPS) is 21.4. The number of rotatable bonds is 11. The molecule has 0 spiro atoms. The molecule has 2 saturated carbocycles. The summed E-state index contributed by atoms with van der Waals surface area (Å²) in [6.07, 6.45) is 10.9. The molecule has 4 aromatic rings. The largest absolute Gasteiger partial charge is 0.462 e. The van der Waals surface area contributed by atoms with Crippen LogP contribution < -0.4 is 9.80 Å². The number of anilines is 2. The van der Waals surface area contributed by atoms with Crippen LogP contribution in [0.15, 0.2) is 55.6 Å². The average molecular weight is 685 g/mol. The summed E-state index contributed by atoms with van der Waals surface area (Å²) in [5, 5.41) is 8.93. The van der Waals surface area contributed by atoms with Crippen molar-refractivity contribution >= 4 is 41.3 Å². The lowest BCUT2D eigenvalue weighted by Gasteiger charge is -2.20. The Morgan fingerprint density at radius 1 is 0.776 bits per heavy atom. The molecule has 2 saturated heterocycles. The minimum absolute atomic E-state index is 0.347. The van der Waals surface area contributed by atoms with Crippen molar-refractivity contribution in [1.29, 1.82) is 0 Å². The topological polar surface area (TPSA) is 120 Å². The van der Waals surface area contributed by atoms with Crippen molar-refractivity contribution in [2.45, 2.75) is 39.8 Å². The van der Waals surface area contributed by atoms with Gasteiger partial charge in [0.15, 0.2) is 0 Å². The molecule has 0 radical (unpaired) electrons. The number of pyridine rings is 2. The summed E-state index contributed by atoms with van der Waals surface area (Å²) < 4.78 is 13.3. The fourth-order valence-electron chi connectivity index (χ4n) is 6.79. The molecule has 4 aromatic heterocycles. The summed E-state index contributed by atoms with van der Waals surface area (Å²) in [5.41, 5.74) is 3.67. The lowest BCUT2D eigenvalue weighted by atomic mass is 10.2. The number of halogens is 1. The number of ether oxygens (including phenoxy) is 2. The monoisotopic (exact) mass is 684 g/mol. The first-order valence-corrected chi connectivity index (χ1v) is 17.4. The lowest BCUT2D eigenvalue weighted by Crippen LogP contribution is -2.23. The maximum Gasteiger partial charge on any atom is 0.341 e. The molecule has 256 valence electrons. The molecule has 4 unspecified atom stereocenters. The van der Waals surface area contributed by atoms with E-state index < -0.39 is 0 Å². The molecule has 0 aromatic carbocycles. The van der Waals surface area contributed by atoms with E-state index >= 15 is 0 Å². The third kappa shape index (κ3) is 7.49. The molecule has 8 rings (SSSR count). The Morgan fingerprint density at radius 3 is 1.71 bits per heavy atom. The zero-order valence-electron chi connectivity index (χ0n) is 27.9. The molecule has 4 fully saturated rings. The summed E-state index contributed by atoms with van der Waals surface area (Å²) in [6.45, 7) is 13.6. The van der Waals surface area contributed by atoms with Gasteiger partial charge in [0.05, 0.1) is 55.5 Å². The predicted molar refractivity (Wildman–Crippen MR) is 186 cm³/mol. The van der Waals surface area contributed by atoms with Crippen LogP contribution in [0.5, 0.6) is 0 Å². The molecule has 4 aliphatic rings. The average Bonchev–Trinajstić information content (AvgIpc) is 3.63. The maximum atomic E-state index is 11.7. The van der Waals surface area contributed by atoms with E-state index in [1.54, 1.807) is 41.7 Å². The van der Waals surface area contributed by atoms with E-state index in [9.17, 15) is 9.59 Å². The molecule has 6 heterocycles. The number of carbonyl (C=O) groups excluding carboxylic acids is 2. The Kier molecular flexibility index (Phi) is 9.40. The van der Waals surface area contributed by atoms with Crippen molar-refractivity contribution in [3.63, 3.8) is 0 Å². The molecule has 0 amide bonds. The maximum absolute atomic E-state index is 11.7. The second-order valence-electron chi connectivity index (χ2n) is 13.2. The van der Waals surface area contributed by atoms with Crippen LogP contribution in [0.2, 0.25) is 5.15 Å². The smallest absolute Gasteiger partial charge is 0.341 e. The molecule has 2 aliphatic heterocycles. The molecule has 49 heavy (non-hydrogen) atoms. The van der Waals surface area contributed by atoms with E-state index in [-0.39, 0.29) is 11.9 Å². The molecule has 0 N–H and O–H groups in total. The van der Waals surface area contributed by atoms with Gasteiger partial charge in [-0.05, 0) is 74.1 Å². The zero-order chi connectivity index (χ0) is 34.1. The van der Waals surface area contributed by atoms with E-state index in [2.05, 4.69) is 43.7 Å². The van der Waals surface area contributed by atoms with Crippen LogP contribution in [0.4, 0.5) is 11.6 Å². The molecule has 13 heteroatoms. The highest BCUT2D eigenvalue weighted by Crippen LogP contribution is 2.46. The van der Waals surface area contributed by atoms with Crippen molar-refractivity contribution in [1.82, 2.24) is 29.5 Å². The Hall–Kier alpha value is -4.71. The van der Waals surface area contributed by atoms with Crippen LogP contribution in [0.3, 0.4) is 0 Å². The number of fused-ring (bicyclic) bond motifs is 2. The Balaban J connectivity index is 0.000000154. The van der Waals surface area contributed by atoms with Crippen molar-refractivity contribution < 1.29 is 19.1 Å². The Morgan fingerprint density at radius 2 is 1.24 bits per heavy atom. The van der Waals surface area contributed by atoms with Crippen molar-refractivity contribution in [2.75, 3.05) is 49.2 Å². The van der Waals surface area contributed by atoms with Gasteiger partial charge in [-0.25, -0.2) is 19.6 Å². The van der Waals surface area contributed by atoms with Gasteiger partial charge in [-0.1, -0.05) is 30.3 Å². The van der Waals surface area contributed by atoms with Crippen LogP contribution in [0.1, 0.15) is 64.2 Å². The number of hydrogen-bond acceptors (Lipinski definition) is 10. The molecular formula is C36H41ClN8O4. The summed E-state index contributed by atoms with van der Waals surface area (Å²) >= 11 is 6.35. The van der Waals surface area contributed by atoms with E-state index in [4.69, 9.17) is 26.1 Å². The van der Waals surface area contributed by atoms with Gasteiger partial charge in [0.1, 0.15) is 16.8 Å². The summed E-state index contributed by atoms with van der Waals surface area (Å²) in [4.78, 5) is 37.4. The Bertz CT molecular complexity index is 1840. The highest BCUT2D eigenvalue weighted by atomic mass is 35.5. The SMILES string of the molecule is C=Cc1nc(N2CC3CC3C2)ccc1Cn1cc(C(=O)OCC)cn1.CCOC(=O)c1cnn(Cc2ccc(N3CC4CC4C3)nc2Cl)c1. The van der Waals surface area contributed by atoms with Crippen molar-refractivity contribution in [3.8, 4) is 0 Å². The van der Waals surface area contributed by atoms with Crippen LogP contribution in [-0.4, -0.2) is 80.9 Å². The minimum atomic E-state index is -0.365. The van der Waals surface area contributed by atoms with Gasteiger partial charge in [-0.2, -0.15) is 10.2 Å². The third-order valence-corrected chi connectivity index (χ3v) is 9.99. The van der Waals surface area contributed by atoms with Gasteiger partial charge in [-0.3, -0.25) is 9.36 Å². The number of hydrogen-bond donors (Lipinski definition) is 0. The zero-order valence-corrected chi connectivity index (χ0v) is 28.6. The van der Waals surface area contributed by atoms with E-state index in [0.29, 0.717) is 42.6 Å². The summed E-state index contributed by atoms with van der Waals surface area (Å²) in [5.74, 6) is 4.72. The van der Waals surface area contributed by atoms with Crippen LogP contribution in [0.25, 0.3) is 6.08 Å². The highest BCUT2D eigenvalue weighted by molar-refractivity contribution is 6.30. The van der Waals surface area contributed by atoms with E-state index in [1.807, 2.05) is 12.1 Å². The van der Waals surface area contributed by atoms with Gasteiger partial charge in [-0.15, -0.1) is 0 Å². The predicted octanol–water partition coefficient (Wildman–Crippen LogP) is 5.21. The van der Waals surface area contributed by atoms with Crippen LogP contribution in [0, 0.1) is 23.7 Å². The van der Waals surface area contributed by atoms with Gasteiger partial charge in [0.2, 0.25) is 0 Å².